The molecule has 0 atom stereocenters. The fraction of sp³-hybridized carbons (Fsp3) is 0.150. The molecule has 0 radical (unpaired) electrons. The van der Waals surface area contributed by atoms with E-state index in [0.29, 0.717) is 35.2 Å². The van der Waals surface area contributed by atoms with E-state index in [0.717, 1.165) is 16.8 Å². The van der Waals surface area contributed by atoms with Gasteiger partial charge in [0, 0.05) is 31.0 Å². The molecule has 0 bridgehead atoms. The average Bonchev–Trinajstić information content (AvgIpc) is 3.37. The standard InChI is InChI=1S/C20H15ClF2N4OS.ClH/c21-14-3-1-4-17-18(14)25-20(29-17)27(9-2-8-26-10-7-24-12-26)19(28)13-5-6-15(22)16(23)11-13;/h1,3-7,10-12H,2,8-9H2;1H. The average molecular weight is 469 g/mol. The molecule has 1 amide bonds. The first-order chi connectivity index (χ1) is 14.0. The van der Waals surface area contributed by atoms with Gasteiger partial charge in [-0.05, 0) is 36.8 Å². The maximum absolute atomic E-state index is 13.7. The van der Waals surface area contributed by atoms with Gasteiger partial charge in [-0.2, -0.15) is 0 Å². The molecule has 2 aromatic carbocycles. The van der Waals surface area contributed by atoms with Crippen LogP contribution in [0, 0.1) is 11.6 Å². The van der Waals surface area contributed by atoms with E-state index >= 15 is 0 Å². The number of amides is 1. The molecule has 5 nitrogen and oxygen atoms in total. The predicted molar refractivity (Wildman–Crippen MR) is 117 cm³/mol. The third-order valence-corrected chi connectivity index (χ3v) is 5.71. The van der Waals surface area contributed by atoms with Crippen molar-refractivity contribution >= 4 is 56.6 Å². The summed E-state index contributed by atoms with van der Waals surface area (Å²) in [6.07, 6.45) is 5.83. The second-order valence-electron chi connectivity index (χ2n) is 6.32. The van der Waals surface area contributed by atoms with Crippen LogP contribution in [0.15, 0.2) is 55.1 Å². The molecule has 30 heavy (non-hydrogen) atoms. The molecular weight excluding hydrogens is 453 g/mol. The van der Waals surface area contributed by atoms with Gasteiger partial charge in [-0.15, -0.1) is 12.4 Å². The summed E-state index contributed by atoms with van der Waals surface area (Å²) >= 11 is 7.54. The Kier molecular flexibility index (Phi) is 7.02. The van der Waals surface area contributed by atoms with E-state index in [-0.39, 0.29) is 18.0 Å². The second kappa shape index (κ2) is 9.51. The van der Waals surface area contributed by atoms with E-state index in [9.17, 15) is 13.6 Å². The maximum atomic E-state index is 13.7. The highest BCUT2D eigenvalue weighted by Gasteiger charge is 2.22. The van der Waals surface area contributed by atoms with Crippen LogP contribution in [0.25, 0.3) is 10.2 Å². The molecule has 0 unspecified atom stereocenters. The number of hydrogen-bond donors (Lipinski definition) is 0. The summed E-state index contributed by atoms with van der Waals surface area (Å²) < 4.78 is 29.7. The van der Waals surface area contributed by atoms with Gasteiger partial charge >= 0.3 is 0 Å². The van der Waals surface area contributed by atoms with Gasteiger partial charge in [0.25, 0.3) is 5.91 Å². The molecule has 156 valence electrons. The molecule has 0 saturated carbocycles. The number of fused-ring (bicyclic) bond motifs is 1. The Morgan fingerprint density at radius 1 is 1.20 bits per heavy atom. The number of benzene rings is 2. The van der Waals surface area contributed by atoms with Gasteiger partial charge in [0.2, 0.25) is 0 Å². The molecular formula is C20H16Cl2F2N4OS. The Morgan fingerprint density at radius 3 is 2.73 bits per heavy atom. The minimum absolute atomic E-state index is 0. The van der Waals surface area contributed by atoms with Crippen molar-refractivity contribution in [2.45, 2.75) is 13.0 Å². The van der Waals surface area contributed by atoms with E-state index in [2.05, 4.69) is 9.97 Å². The fourth-order valence-corrected chi connectivity index (χ4v) is 4.21. The van der Waals surface area contributed by atoms with Crippen LogP contribution < -0.4 is 4.90 Å². The highest BCUT2D eigenvalue weighted by Crippen LogP contribution is 2.33. The Hall–Kier alpha value is -2.55. The zero-order chi connectivity index (χ0) is 20.4. The van der Waals surface area contributed by atoms with Crippen molar-refractivity contribution in [2.75, 3.05) is 11.4 Å². The zero-order valence-electron chi connectivity index (χ0n) is 15.5. The molecule has 0 aliphatic carbocycles. The SMILES string of the molecule is Cl.O=C(c1ccc(F)c(F)c1)N(CCCn1ccnc1)c1nc2c(Cl)cccc2s1. The van der Waals surface area contributed by atoms with Crippen LogP contribution >= 0.6 is 35.3 Å². The molecule has 4 rings (SSSR count). The molecule has 0 spiro atoms. The van der Waals surface area contributed by atoms with Gasteiger partial charge in [-0.3, -0.25) is 9.69 Å². The monoisotopic (exact) mass is 468 g/mol. The number of halogens is 4. The largest absolute Gasteiger partial charge is 0.337 e. The Morgan fingerprint density at radius 2 is 2.03 bits per heavy atom. The number of carbonyl (C=O) groups is 1. The van der Waals surface area contributed by atoms with Crippen molar-refractivity contribution in [2.24, 2.45) is 0 Å². The van der Waals surface area contributed by atoms with Gasteiger partial charge in [-0.25, -0.2) is 18.7 Å². The number of nitrogens with zero attached hydrogens (tertiary/aromatic N) is 4. The van der Waals surface area contributed by atoms with E-state index in [1.165, 1.54) is 22.3 Å². The number of carbonyl (C=O) groups excluding carboxylic acids is 1. The number of thiazole rings is 1. The highest BCUT2D eigenvalue weighted by atomic mass is 35.5. The van der Waals surface area contributed by atoms with Crippen LogP contribution in [-0.4, -0.2) is 27.0 Å². The molecule has 0 aliphatic heterocycles. The lowest BCUT2D eigenvalue weighted by Crippen LogP contribution is -2.32. The van der Waals surface area contributed by atoms with Gasteiger partial charge in [0.1, 0.15) is 5.52 Å². The summed E-state index contributed by atoms with van der Waals surface area (Å²) in [5.41, 5.74) is 0.656. The van der Waals surface area contributed by atoms with Crippen LogP contribution in [0.5, 0.6) is 0 Å². The number of aryl methyl sites for hydroxylation is 1. The van der Waals surface area contributed by atoms with Crippen LogP contribution in [0.4, 0.5) is 13.9 Å². The van der Waals surface area contributed by atoms with Crippen molar-refractivity contribution in [1.29, 1.82) is 0 Å². The summed E-state index contributed by atoms with van der Waals surface area (Å²) in [4.78, 5) is 23.1. The van der Waals surface area contributed by atoms with E-state index in [1.807, 2.05) is 22.9 Å². The summed E-state index contributed by atoms with van der Waals surface area (Å²) in [7, 11) is 0. The number of hydrogen-bond acceptors (Lipinski definition) is 4. The predicted octanol–water partition coefficient (Wildman–Crippen LogP) is 5.58. The first kappa shape index (κ1) is 22.1. The van der Waals surface area contributed by atoms with Gasteiger partial charge < -0.3 is 4.57 Å². The smallest absolute Gasteiger partial charge is 0.260 e. The van der Waals surface area contributed by atoms with E-state index < -0.39 is 17.5 Å². The van der Waals surface area contributed by atoms with Gasteiger partial charge in [0.15, 0.2) is 16.8 Å². The highest BCUT2D eigenvalue weighted by molar-refractivity contribution is 7.22. The van der Waals surface area contributed by atoms with E-state index in [1.54, 1.807) is 18.6 Å². The van der Waals surface area contributed by atoms with Gasteiger partial charge in [0.05, 0.1) is 16.0 Å². The molecule has 0 saturated heterocycles. The summed E-state index contributed by atoms with van der Waals surface area (Å²) in [5, 5.41) is 0.942. The van der Waals surface area contributed by atoms with Crippen molar-refractivity contribution in [1.82, 2.24) is 14.5 Å². The van der Waals surface area contributed by atoms with Crippen molar-refractivity contribution in [3.8, 4) is 0 Å². The number of anilines is 1. The first-order valence-electron chi connectivity index (χ1n) is 8.80. The fourth-order valence-electron chi connectivity index (χ4n) is 2.92. The lowest BCUT2D eigenvalue weighted by atomic mass is 10.2. The lowest BCUT2D eigenvalue weighted by Gasteiger charge is -2.20. The Bertz CT molecular complexity index is 1170. The van der Waals surface area contributed by atoms with Crippen LogP contribution in [0.3, 0.4) is 0 Å². The zero-order valence-corrected chi connectivity index (χ0v) is 17.9. The van der Waals surface area contributed by atoms with Crippen molar-refractivity contribution in [3.05, 3.63) is 77.3 Å². The lowest BCUT2D eigenvalue weighted by molar-refractivity contribution is 0.0985. The summed E-state index contributed by atoms with van der Waals surface area (Å²) in [6, 6.07) is 8.53. The summed E-state index contributed by atoms with van der Waals surface area (Å²) in [5.74, 6) is -2.52. The third kappa shape index (κ3) is 4.61. The molecule has 0 fully saturated rings. The Balaban J connectivity index is 0.00000256. The second-order valence-corrected chi connectivity index (χ2v) is 7.74. The molecule has 0 aliphatic rings. The van der Waals surface area contributed by atoms with Gasteiger partial charge in [-0.1, -0.05) is 29.0 Å². The number of para-hydroxylation sites is 1. The minimum atomic E-state index is -1.07. The molecule has 10 heteroatoms. The molecule has 2 heterocycles. The first-order valence-corrected chi connectivity index (χ1v) is 10.00. The quantitative estimate of drug-likeness (QED) is 0.370. The van der Waals surface area contributed by atoms with Crippen molar-refractivity contribution < 1.29 is 13.6 Å². The Labute approximate surface area is 186 Å². The van der Waals surface area contributed by atoms with E-state index in [4.69, 9.17) is 11.6 Å². The third-order valence-electron chi connectivity index (χ3n) is 4.36. The normalized spacial score (nSPS) is 10.8. The van der Waals surface area contributed by atoms with Crippen molar-refractivity contribution in [3.63, 3.8) is 0 Å². The minimum Gasteiger partial charge on any atom is -0.337 e. The number of rotatable bonds is 6. The topological polar surface area (TPSA) is 51.0 Å². The molecule has 4 aromatic rings. The van der Waals surface area contributed by atoms with Crippen LogP contribution in [-0.2, 0) is 6.54 Å². The number of imidazole rings is 1. The summed E-state index contributed by atoms with van der Waals surface area (Å²) in [6.45, 7) is 0.987. The molecule has 0 N–H and O–H groups in total. The van der Waals surface area contributed by atoms with Crippen LogP contribution in [0.1, 0.15) is 16.8 Å². The number of aromatic nitrogens is 3. The molecule has 2 aromatic heterocycles. The maximum Gasteiger partial charge on any atom is 0.260 e. The van der Waals surface area contributed by atoms with Crippen LogP contribution in [0.2, 0.25) is 5.02 Å².